The van der Waals surface area contributed by atoms with Gasteiger partial charge in [0.25, 0.3) is 11.8 Å². The molecule has 3 aromatic heterocycles. The van der Waals surface area contributed by atoms with Crippen molar-refractivity contribution in [3.63, 3.8) is 0 Å². The molecule has 17 heteroatoms. The average Bonchev–Trinajstić information content (AvgIpc) is 4.03. The van der Waals surface area contributed by atoms with Crippen molar-refractivity contribution in [2.75, 3.05) is 49.5 Å². The number of aliphatic hydroxyl groups is 1. The maximum atomic E-state index is 13.8. The monoisotopic (exact) mass is 879 g/mol. The molecule has 0 spiro atoms. The predicted octanol–water partition coefficient (Wildman–Crippen LogP) is 4.34. The van der Waals surface area contributed by atoms with E-state index in [9.17, 15) is 34.3 Å². The minimum Gasteiger partial charge on any atom is -0.386 e. The van der Waals surface area contributed by atoms with Gasteiger partial charge < -0.3 is 25.1 Å². The van der Waals surface area contributed by atoms with Crippen LogP contribution in [0, 0.1) is 17.2 Å². The molecule has 4 aliphatic heterocycles. The second-order valence-corrected chi connectivity index (χ2v) is 18.8. The molecule has 2 aromatic carbocycles. The number of hydrogen-bond acceptors (Lipinski definition) is 11. The Labute approximate surface area is 375 Å². The molecule has 17 nitrogen and oxygen atoms in total. The number of carbonyl (C=O) groups is 5. The lowest BCUT2D eigenvalue weighted by atomic mass is 9.89. The van der Waals surface area contributed by atoms with Crippen molar-refractivity contribution in [3.05, 3.63) is 88.9 Å². The highest BCUT2D eigenvalue weighted by molar-refractivity contribution is 6.06. The van der Waals surface area contributed by atoms with Gasteiger partial charge in [0.15, 0.2) is 0 Å². The summed E-state index contributed by atoms with van der Waals surface area (Å²) in [6.45, 7) is 8.34. The lowest BCUT2D eigenvalue weighted by Gasteiger charge is -2.43. The van der Waals surface area contributed by atoms with Gasteiger partial charge in [-0.2, -0.15) is 15.5 Å². The van der Waals surface area contributed by atoms with Crippen LogP contribution in [0.2, 0.25) is 0 Å². The first-order valence-corrected chi connectivity index (χ1v) is 22.8. The van der Waals surface area contributed by atoms with Gasteiger partial charge >= 0.3 is 0 Å². The zero-order chi connectivity index (χ0) is 45.1. The summed E-state index contributed by atoms with van der Waals surface area (Å²) in [5.41, 5.74) is 4.30. The van der Waals surface area contributed by atoms with Gasteiger partial charge in [-0.25, -0.2) is 4.52 Å². The molecule has 5 amide bonds. The van der Waals surface area contributed by atoms with Crippen LogP contribution < -0.4 is 15.5 Å². The van der Waals surface area contributed by atoms with Crippen molar-refractivity contribution in [1.82, 2.24) is 39.4 Å². The summed E-state index contributed by atoms with van der Waals surface area (Å²) in [5, 5.41) is 35.9. The zero-order valence-corrected chi connectivity index (χ0v) is 36.7. The number of piperazine rings is 1. The summed E-state index contributed by atoms with van der Waals surface area (Å²) >= 11 is 0. The largest absolute Gasteiger partial charge is 0.386 e. The topological polar surface area (TPSA) is 202 Å². The van der Waals surface area contributed by atoms with E-state index in [1.807, 2.05) is 41.2 Å². The Morgan fingerprint density at radius 3 is 2.37 bits per heavy atom. The summed E-state index contributed by atoms with van der Waals surface area (Å²) in [5.74, 6) is -1.07. The number of benzene rings is 2. The van der Waals surface area contributed by atoms with E-state index in [0.717, 1.165) is 99.9 Å². The number of carbonyl (C=O) groups excluding carboxylic acids is 5. The van der Waals surface area contributed by atoms with Crippen molar-refractivity contribution >= 4 is 57.3 Å². The molecule has 1 saturated carbocycles. The van der Waals surface area contributed by atoms with Crippen LogP contribution in [0.3, 0.4) is 0 Å². The SMILES string of the molecule is CC(C)(O)c1cc2nn(C3CCC(N4CCN(C(=O)C5CCN(c6ccc7c(c6)C(=O)N(C6CCC(=O)NC6=O)C7)CC5)CC4)CC3)cc2cc1NC(=O)c1ccc2cc(C#N)cnn12. The molecule has 5 aliphatic rings. The van der Waals surface area contributed by atoms with Crippen LogP contribution in [0.15, 0.2) is 60.9 Å². The number of imide groups is 1. The van der Waals surface area contributed by atoms with E-state index in [-0.39, 0.29) is 42.0 Å². The van der Waals surface area contributed by atoms with Crippen molar-refractivity contribution in [3.8, 4) is 6.07 Å². The number of nitrogens with one attached hydrogen (secondary N) is 2. The lowest BCUT2D eigenvalue weighted by Crippen LogP contribution is -2.54. The zero-order valence-electron chi connectivity index (χ0n) is 36.7. The van der Waals surface area contributed by atoms with Crippen molar-refractivity contribution in [1.29, 1.82) is 5.26 Å². The Hall–Kier alpha value is -6.64. The van der Waals surface area contributed by atoms with Crippen LogP contribution in [-0.4, -0.2) is 120 Å². The van der Waals surface area contributed by atoms with E-state index >= 15 is 0 Å². The molecule has 1 atom stereocenters. The van der Waals surface area contributed by atoms with E-state index < -0.39 is 17.6 Å². The minimum absolute atomic E-state index is 0.0273. The molecule has 336 valence electrons. The maximum absolute atomic E-state index is 13.8. The van der Waals surface area contributed by atoms with Gasteiger partial charge in [0, 0.05) is 98.3 Å². The Bertz CT molecular complexity index is 2780. The lowest BCUT2D eigenvalue weighted by molar-refractivity contribution is -0.139. The molecule has 10 rings (SSSR count). The molecule has 3 saturated heterocycles. The van der Waals surface area contributed by atoms with Gasteiger partial charge in [0.1, 0.15) is 17.8 Å². The Morgan fingerprint density at radius 1 is 0.892 bits per heavy atom. The number of anilines is 2. The van der Waals surface area contributed by atoms with Gasteiger partial charge in [0.05, 0.1) is 34.4 Å². The second kappa shape index (κ2) is 16.7. The van der Waals surface area contributed by atoms with Crippen molar-refractivity contribution in [2.45, 2.75) is 95.5 Å². The third-order valence-corrected chi connectivity index (χ3v) is 14.3. The fourth-order valence-corrected chi connectivity index (χ4v) is 10.7. The van der Waals surface area contributed by atoms with Gasteiger partial charge in [-0.1, -0.05) is 6.07 Å². The molecule has 0 bridgehead atoms. The van der Waals surface area contributed by atoms with Crippen LogP contribution >= 0.6 is 0 Å². The van der Waals surface area contributed by atoms with E-state index in [0.29, 0.717) is 52.6 Å². The average molecular weight is 880 g/mol. The third kappa shape index (κ3) is 8.10. The number of rotatable bonds is 8. The van der Waals surface area contributed by atoms with Crippen LogP contribution in [0.1, 0.15) is 109 Å². The molecule has 3 N–H and O–H groups in total. The normalized spacial score (nSPS) is 22.3. The number of aromatic nitrogens is 4. The molecule has 1 unspecified atom stereocenters. The highest BCUT2D eigenvalue weighted by Gasteiger charge is 2.40. The van der Waals surface area contributed by atoms with Gasteiger partial charge in [0.2, 0.25) is 17.7 Å². The van der Waals surface area contributed by atoms with Gasteiger partial charge in [-0.3, -0.25) is 38.9 Å². The quantitative estimate of drug-likeness (QED) is 0.187. The summed E-state index contributed by atoms with van der Waals surface area (Å²) in [6, 6.07) is 16.8. The fraction of sp³-hybridized carbons (Fsp3) is 0.458. The fourth-order valence-electron chi connectivity index (χ4n) is 10.7. The third-order valence-electron chi connectivity index (χ3n) is 14.3. The molecule has 0 radical (unpaired) electrons. The van der Waals surface area contributed by atoms with Gasteiger partial charge in [-0.05, 0) is 107 Å². The molecular weight excluding hydrogens is 827 g/mol. The summed E-state index contributed by atoms with van der Waals surface area (Å²) in [7, 11) is 0. The molecule has 1 aliphatic carbocycles. The molecule has 5 aromatic rings. The predicted molar refractivity (Wildman–Crippen MR) is 240 cm³/mol. The Kier molecular flexibility index (Phi) is 10.9. The van der Waals surface area contributed by atoms with Crippen molar-refractivity contribution < 1.29 is 29.1 Å². The highest BCUT2D eigenvalue weighted by atomic mass is 16.3. The Morgan fingerprint density at radius 2 is 1.65 bits per heavy atom. The number of hydrogen-bond donors (Lipinski definition) is 3. The van der Waals surface area contributed by atoms with E-state index in [2.05, 4.69) is 36.5 Å². The number of fused-ring (bicyclic) bond motifs is 3. The molecule has 65 heavy (non-hydrogen) atoms. The highest BCUT2D eigenvalue weighted by Crippen LogP contribution is 2.37. The van der Waals surface area contributed by atoms with Crippen molar-refractivity contribution in [2.24, 2.45) is 5.92 Å². The van der Waals surface area contributed by atoms with Crippen LogP contribution in [0.25, 0.3) is 16.4 Å². The summed E-state index contributed by atoms with van der Waals surface area (Å²) in [6.07, 6.45) is 9.51. The first kappa shape index (κ1) is 42.3. The first-order valence-electron chi connectivity index (χ1n) is 22.8. The van der Waals surface area contributed by atoms with Crippen LogP contribution in [0.4, 0.5) is 11.4 Å². The number of amides is 5. The molecule has 4 fully saturated rings. The first-order chi connectivity index (χ1) is 31.3. The smallest absolute Gasteiger partial charge is 0.274 e. The molecular formula is C48H53N11O6. The Balaban J connectivity index is 0.709. The van der Waals surface area contributed by atoms with Crippen LogP contribution in [-0.2, 0) is 26.5 Å². The minimum atomic E-state index is -1.26. The summed E-state index contributed by atoms with van der Waals surface area (Å²) < 4.78 is 3.53. The number of nitriles is 1. The summed E-state index contributed by atoms with van der Waals surface area (Å²) in [4.78, 5) is 73.3. The van der Waals surface area contributed by atoms with E-state index in [4.69, 9.17) is 5.10 Å². The standard InChI is InChI=1S/C48H53N11O6/c1-48(2,65)38-24-39-32(22-40(38)51-45(62)42-10-9-36-21-29(25-49)26-50-59(36)42)28-58(53-39)34-7-5-33(6-8-34)55-17-19-56(20-18-55)46(63)30-13-15-54(16-14-30)35-4-3-31-27-57(47(64)37(31)23-35)41-11-12-43(60)52-44(41)61/h3-4,9-10,21-24,26,28,30,33-34,41,65H,5-8,11-20,27H2,1-2H3,(H,51,62)(H,52,60,61). The van der Waals surface area contributed by atoms with Crippen LogP contribution in [0.5, 0.6) is 0 Å². The van der Waals surface area contributed by atoms with E-state index in [1.54, 1.807) is 36.9 Å². The number of nitrogens with zero attached hydrogens (tertiary/aromatic N) is 9. The van der Waals surface area contributed by atoms with E-state index in [1.165, 1.54) is 10.7 Å². The second-order valence-electron chi connectivity index (χ2n) is 18.8. The number of piperidine rings is 2. The molecule has 7 heterocycles. The van der Waals surface area contributed by atoms with Gasteiger partial charge in [-0.15, -0.1) is 0 Å². The maximum Gasteiger partial charge on any atom is 0.274 e.